The Morgan fingerprint density at radius 3 is 2.74 bits per heavy atom. The van der Waals surface area contributed by atoms with Crippen molar-refractivity contribution in [1.29, 1.82) is 0 Å². The first kappa shape index (κ1) is 11.6. The van der Waals surface area contributed by atoms with Crippen molar-refractivity contribution < 1.29 is 14.1 Å². The lowest BCUT2D eigenvalue weighted by atomic mass is 10.0. The molecule has 1 aliphatic heterocycles. The van der Waals surface area contributed by atoms with E-state index in [2.05, 4.69) is 5.16 Å². The molecule has 2 heterocycles. The Bertz CT molecular complexity index is 674. The average Bonchev–Trinajstić information content (AvgIpc) is 2.98. The second-order valence-corrected chi connectivity index (χ2v) is 4.66. The summed E-state index contributed by atoms with van der Waals surface area (Å²) in [6.45, 7) is 4.17. The molecule has 0 unspecified atom stereocenters. The van der Waals surface area contributed by atoms with Gasteiger partial charge in [-0.3, -0.25) is 14.5 Å². The first-order valence-electron chi connectivity index (χ1n) is 5.94. The maximum Gasteiger partial charge on any atom is 0.299 e. The van der Waals surface area contributed by atoms with Crippen molar-refractivity contribution in [2.24, 2.45) is 0 Å². The second kappa shape index (κ2) is 4.05. The third kappa shape index (κ3) is 1.66. The molecule has 1 aromatic carbocycles. The Labute approximate surface area is 109 Å². The molecule has 19 heavy (non-hydrogen) atoms. The van der Waals surface area contributed by atoms with Crippen LogP contribution in [0.3, 0.4) is 0 Å². The van der Waals surface area contributed by atoms with E-state index in [1.807, 2.05) is 19.9 Å². The van der Waals surface area contributed by atoms with Gasteiger partial charge in [-0.2, -0.15) is 0 Å². The minimum absolute atomic E-state index is 0.297. The number of nitrogens with zero attached hydrogens (tertiary/aromatic N) is 2. The first-order valence-corrected chi connectivity index (χ1v) is 5.94. The number of hydrogen-bond acceptors (Lipinski definition) is 4. The summed E-state index contributed by atoms with van der Waals surface area (Å²) >= 11 is 0. The molecule has 0 N–H and O–H groups in total. The maximum absolute atomic E-state index is 12.1. The van der Waals surface area contributed by atoms with Crippen LogP contribution in [0.15, 0.2) is 29.1 Å². The highest BCUT2D eigenvalue weighted by Gasteiger charge is 2.37. The van der Waals surface area contributed by atoms with Gasteiger partial charge >= 0.3 is 0 Å². The molecule has 0 radical (unpaired) electrons. The predicted octanol–water partition coefficient (Wildman–Crippen LogP) is 2.02. The number of ketones is 1. The first-order chi connectivity index (χ1) is 9.09. The monoisotopic (exact) mass is 256 g/mol. The predicted molar refractivity (Wildman–Crippen MR) is 67.9 cm³/mol. The zero-order valence-corrected chi connectivity index (χ0v) is 10.6. The SMILES string of the molecule is Cc1ccc2c(c1C)N(Cc1cnoc1)C(=O)C2=O. The fourth-order valence-electron chi connectivity index (χ4n) is 2.31. The van der Waals surface area contributed by atoms with Crippen LogP contribution in [0.4, 0.5) is 5.69 Å². The fourth-order valence-corrected chi connectivity index (χ4v) is 2.31. The van der Waals surface area contributed by atoms with Crippen LogP contribution in [0, 0.1) is 13.8 Å². The van der Waals surface area contributed by atoms with Crippen molar-refractivity contribution in [1.82, 2.24) is 5.16 Å². The second-order valence-electron chi connectivity index (χ2n) is 4.66. The lowest BCUT2D eigenvalue weighted by Gasteiger charge is -2.18. The summed E-state index contributed by atoms with van der Waals surface area (Å²) in [4.78, 5) is 25.5. The van der Waals surface area contributed by atoms with Gasteiger partial charge in [-0.1, -0.05) is 11.2 Å². The minimum atomic E-state index is -0.495. The molecular weight excluding hydrogens is 244 g/mol. The van der Waals surface area contributed by atoms with Crippen molar-refractivity contribution in [3.05, 3.63) is 46.8 Å². The summed E-state index contributed by atoms with van der Waals surface area (Å²) in [6, 6.07) is 3.58. The van der Waals surface area contributed by atoms with E-state index in [4.69, 9.17) is 4.52 Å². The number of hydrogen-bond donors (Lipinski definition) is 0. The summed E-state index contributed by atoms with van der Waals surface area (Å²) in [7, 11) is 0. The van der Waals surface area contributed by atoms with Crippen LogP contribution in [0.25, 0.3) is 0 Å². The van der Waals surface area contributed by atoms with E-state index in [0.29, 0.717) is 17.8 Å². The van der Waals surface area contributed by atoms with E-state index in [1.165, 1.54) is 11.2 Å². The zero-order valence-electron chi connectivity index (χ0n) is 10.6. The Kier molecular flexibility index (Phi) is 2.48. The largest absolute Gasteiger partial charge is 0.364 e. The molecule has 2 aromatic rings. The van der Waals surface area contributed by atoms with Crippen LogP contribution >= 0.6 is 0 Å². The van der Waals surface area contributed by atoms with Gasteiger partial charge in [0.2, 0.25) is 0 Å². The van der Waals surface area contributed by atoms with Crippen LogP contribution < -0.4 is 4.90 Å². The van der Waals surface area contributed by atoms with Gasteiger partial charge in [0.1, 0.15) is 6.26 Å². The summed E-state index contributed by atoms with van der Waals surface area (Å²) in [5.74, 6) is -0.945. The van der Waals surface area contributed by atoms with E-state index in [9.17, 15) is 9.59 Å². The lowest BCUT2D eigenvalue weighted by Crippen LogP contribution is -2.29. The molecule has 0 aliphatic carbocycles. The molecule has 5 nitrogen and oxygen atoms in total. The number of aromatic nitrogens is 1. The standard InChI is InChI=1S/C14H12N2O3/c1-8-3-4-11-12(9(8)2)16(14(18)13(11)17)6-10-5-15-19-7-10/h3-5,7H,6H2,1-2H3. The van der Waals surface area contributed by atoms with Crippen molar-refractivity contribution in [3.8, 4) is 0 Å². The van der Waals surface area contributed by atoms with Gasteiger partial charge < -0.3 is 4.52 Å². The molecule has 1 aromatic heterocycles. The summed E-state index contributed by atoms with van der Waals surface area (Å²) in [6.07, 6.45) is 3.02. The number of carbonyl (C=O) groups is 2. The van der Waals surface area contributed by atoms with Crippen molar-refractivity contribution in [3.63, 3.8) is 0 Å². The van der Waals surface area contributed by atoms with E-state index >= 15 is 0 Å². The molecule has 1 amide bonds. The number of rotatable bonds is 2. The van der Waals surface area contributed by atoms with E-state index in [0.717, 1.165) is 16.7 Å². The Balaban J connectivity index is 2.10. The third-order valence-electron chi connectivity index (χ3n) is 3.48. The third-order valence-corrected chi connectivity index (χ3v) is 3.48. The molecule has 0 fully saturated rings. The highest BCUT2D eigenvalue weighted by atomic mass is 16.5. The summed E-state index contributed by atoms with van der Waals surface area (Å²) in [5.41, 5.74) is 3.94. The smallest absolute Gasteiger partial charge is 0.299 e. The Morgan fingerprint density at radius 1 is 1.26 bits per heavy atom. The molecule has 0 saturated heterocycles. The van der Waals surface area contributed by atoms with Gasteiger partial charge in [-0.25, -0.2) is 0 Å². The Hall–Kier alpha value is -2.43. The number of Topliss-reactive ketones (excluding diaryl/α,β-unsaturated/α-hetero) is 1. The summed E-state index contributed by atoms with van der Waals surface area (Å²) in [5, 5.41) is 3.61. The van der Waals surface area contributed by atoms with Gasteiger partial charge in [-0.15, -0.1) is 0 Å². The quantitative estimate of drug-likeness (QED) is 0.771. The lowest BCUT2D eigenvalue weighted by molar-refractivity contribution is -0.114. The number of fused-ring (bicyclic) bond motifs is 1. The van der Waals surface area contributed by atoms with Crippen LogP contribution in [-0.2, 0) is 11.3 Å². The molecule has 0 bridgehead atoms. The molecule has 1 aliphatic rings. The number of benzene rings is 1. The average molecular weight is 256 g/mol. The molecule has 0 spiro atoms. The minimum Gasteiger partial charge on any atom is -0.364 e. The molecule has 0 saturated carbocycles. The van der Waals surface area contributed by atoms with Crippen molar-refractivity contribution >= 4 is 17.4 Å². The molecular formula is C14H12N2O3. The van der Waals surface area contributed by atoms with Gasteiger partial charge in [0.15, 0.2) is 0 Å². The topological polar surface area (TPSA) is 63.4 Å². The molecule has 0 atom stereocenters. The van der Waals surface area contributed by atoms with Crippen LogP contribution in [0.5, 0.6) is 0 Å². The zero-order chi connectivity index (χ0) is 13.6. The highest BCUT2D eigenvalue weighted by Crippen LogP contribution is 2.34. The van der Waals surface area contributed by atoms with Gasteiger partial charge in [0.05, 0.1) is 24.0 Å². The molecule has 5 heteroatoms. The van der Waals surface area contributed by atoms with Crippen LogP contribution in [0.1, 0.15) is 27.0 Å². The van der Waals surface area contributed by atoms with Crippen molar-refractivity contribution in [2.75, 3.05) is 4.90 Å². The van der Waals surface area contributed by atoms with Gasteiger partial charge in [0.25, 0.3) is 11.7 Å². The van der Waals surface area contributed by atoms with Gasteiger partial charge in [-0.05, 0) is 31.0 Å². The normalized spacial score (nSPS) is 14.1. The van der Waals surface area contributed by atoms with Crippen LogP contribution in [-0.4, -0.2) is 16.8 Å². The number of amides is 1. The number of aryl methyl sites for hydroxylation is 1. The Morgan fingerprint density at radius 2 is 2.05 bits per heavy atom. The van der Waals surface area contributed by atoms with Gasteiger partial charge in [0, 0.05) is 5.56 Å². The fraction of sp³-hybridized carbons (Fsp3) is 0.214. The van der Waals surface area contributed by atoms with Crippen molar-refractivity contribution in [2.45, 2.75) is 20.4 Å². The van der Waals surface area contributed by atoms with E-state index in [1.54, 1.807) is 12.3 Å². The van der Waals surface area contributed by atoms with Crippen LogP contribution in [0.2, 0.25) is 0 Å². The van der Waals surface area contributed by atoms with E-state index < -0.39 is 11.7 Å². The number of anilines is 1. The highest BCUT2D eigenvalue weighted by molar-refractivity contribution is 6.52. The number of carbonyl (C=O) groups excluding carboxylic acids is 2. The summed E-state index contributed by atoms with van der Waals surface area (Å²) < 4.78 is 4.76. The molecule has 96 valence electrons. The van der Waals surface area contributed by atoms with E-state index in [-0.39, 0.29) is 0 Å². The molecule has 3 rings (SSSR count). The maximum atomic E-state index is 12.1.